The van der Waals surface area contributed by atoms with Crippen LogP contribution < -0.4 is 4.90 Å². The summed E-state index contributed by atoms with van der Waals surface area (Å²) in [5, 5.41) is 18.4. The predicted octanol–water partition coefficient (Wildman–Crippen LogP) is 1.28. The maximum absolute atomic E-state index is 9.21. The van der Waals surface area contributed by atoms with Gasteiger partial charge in [0.1, 0.15) is 0 Å². The molecule has 0 aliphatic rings. The summed E-state index contributed by atoms with van der Waals surface area (Å²) in [6, 6.07) is 9.98. The Hall–Kier alpha value is -1.98. The van der Waals surface area contributed by atoms with Gasteiger partial charge >= 0.3 is 0 Å². The van der Waals surface area contributed by atoms with Crippen LogP contribution in [-0.4, -0.2) is 33.3 Å². The molecule has 2 rings (SSSR count). The molecule has 0 saturated carbocycles. The third kappa shape index (κ3) is 3.53. The molecule has 0 amide bonds. The van der Waals surface area contributed by atoms with E-state index in [1.54, 1.807) is 6.20 Å². The molecule has 0 aliphatic carbocycles. The molecule has 1 heterocycles. The Balaban J connectivity index is 2.22. The van der Waals surface area contributed by atoms with Gasteiger partial charge in [-0.05, 0) is 12.5 Å². The number of rotatable bonds is 6. The smallest absolute Gasteiger partial charge is 0.225 e. The lowest BCUT2D eigenvalue weighted by molar-refractivity contribution is 0.279. The quantitative estimate of drug-likeness (QED) is 0.829. The monoisotopic (exact) mass is 273 g/mol. The number of hydrogen-bond donors (Lipinski definition) is 2. The van der Waals surface area contributed by atoms with Crippen LogP contribution in [0.5, 0.6) is 0 Å². The Labute approximate surface area is 118 Å². The van der Waals surface area contributed by atoms with Gasteiger partial charge in [0, 0.05) is 30.5 Å². The van der Waals surface area contributed by atoms with E-state index in [1.807, 2.05) is 42.2 Å². The molecule has 106 valence electrons. The average Bonchev–Trinajstić information content (AvgIpc) is 2.48. The summed E-state index contributed by atoms with van der Waals surface area (Å²) in [4.78, 5) is 10.6. The fraction of sp³-hybridized carbons (Fsp3) is 0.333. The fourth-order valence-electron chi connectivity index (χ4n) is 1.96. The van der Waals surface area contributed by atoms with Gasteiger partial charge in [0.15, 0.2) is 0 Å². The van der Waals surface area contributed by atoms with Gasteiger partial charge in [-0.25, -0.2) is 9.97 Å². The maximum Gasteiger partial charge on any atom is 0.225 e. The summed E-state index contributed by atoms with van der Waals surface area (Å²) in [5.41, 5.74) is 2.61. The van der Waals surface area contributed by atoms with Crippen LogP contribution in [0.4, 0.5) is 5.95 Å². The summed E-state index contributed by atoms with van der Waals surface area (Å²) in [6.45, 7) is 2.92. The second-order valence-electron chi connectivity index (χ2n) is 4.57. The molecule has 0 aliphatic heterocycles. The number of aryl methyl sites for hydroxylation is 1. The number of aliphatic hydroxyl groups excluding tert-OH is 2. The predicted molar refractivity (Wildman–Crippen MR) is 77.3 cm³/mol. The summed E-state index contributed by atoms with van der Waals surface area (Å²) < 4.78 is 0. The molecule has 0 fully saturated rings. The number of benzene rings is 1. The highest BCUT2D eigenvalue weighted by molar-refractivity contribution is 5.34. The van der Waals surface area contributed by atoms with E-state index in [4.69, 9.17) is 5.11 Å². The highest BCUT2D eigenvalue weighted by Gasteiger charge is 2.11. The minimum atomic E-state index is -0.0647. The normalized spacial score (nSPS) is 10.6. The zero-order valence-electron chi connectivity index (χ0n) is 11.5. The summed E-state index contributed by atoms with van der Waals surface area (Å²) in [7, 11) is 0. The molecule has 0 spiro atoms. The van der Waals surface area contributed by atoms with E-state index in [0.717, 1.165) is 16.8 Å². The lowest BCUT2D eigenvalue weighted by Gasteiger charge is -2.22. The molecule has 0 unspecified atom stereocenters. The number of hydrogen-bond acceptors (Lipinski definition) is 5. The Morgan fingerprint density at radius 2 is 1.90 bits per heavy atom. The first-order chi connectivity index (χ1) is 9.74. The Morgan fingerprint density at radius 3 is 2.50 bits per heavy atom. The average molecular weight is 273 g/mol. The van der Waals surface area contributed by atoms with Gasteiger partial charge in [0.2, 0.25) is 5.95 Å². The van der Waals surface area contributed by atoms with Gasteiger partial charge in [-0.3, -0.25) is 0 Å². The molecule has 20 heavy (non-hydrogen) atoms. The van der Waals surface area contributed by atoms with E-state index in [1.165, 1.54) is 0 Å². The van der Waals surface area contributed by atoms with E-state index in [9.17, 15) is 5.11 Å². The molecule has 1 aromatic heterocycles. The standard InChI is InChI=1S/C15H19N3O2/c1-12-14(11-20)9-16-15(17-12)18(7-8-19)10-13-5-3-2-4-6-13/h2-6,9,19-20H,7-8,10-11H2,1H3. The van der Waals surface area contributed by atoms with Crippen molar-refractivity contribution in [1.82, 2.24) is 9.97 Å². The Kier molecular flexibility index (Phi) is 5.03. The zero-order valence-corrected chi connectivity index (χ0v) is 11.5. The Morgan fingerprint density at radius 1 is 1.15 bits per heavy atom. The van der Waals surface area contributed by atoms with Crippen LogP contribution in [0.3, 0.4) is 0 Å². The van der Waals surface area contributed by atoms with Crippen molar-refractivity contribution >= 4 is 5.95 Å². The van der Waals surface area contributed by atoms with Crippen LogP contribution in [0.2, 0.25) is 0 Å². The molecule has 5 nitrogen and oxygen atoms in total. The minimum Gasteiger partial charge on any atom is -0.395 e. The van der Waals surface area contributed by atoms with Crippen molar-refractivity contribution in [1.29, 1.82) is 0 Å². The van der Waals surface area contributed by atoms with Crippen molar-refractivity contribution in [2.24, 2.45) is 0 Å². The largest absolute Gasteiger partial charge is 0.395 e. The third-order valence-corrected chi connectivity index (χ3v) is 3.11. The van der Waals surface area contributed by atoms with Gasteiger partial charge < -0.3 is 15.1 Å². The first-order valence-electron chi connectivity index (χ1n) is 6.57. The minimum absolute atomic E-state index is 0.0387. The van der Waals surface area contributed by atoms with Gasteiger partial charge in [0.05, 0.1) is 13.2 Å². The molecule has 0 bridgehead atoms. The van der Waals surface area contributed by atoms with Gasteiger partial charge in [-0.15, -0.1) is 0 Å². The summed E-state index contributed by atoms with van der Waals surface area (Å²) >= 11 is 0. The van der Waals surface area contributed by atoms with Crippen LogP contribution in [0.1, 0.15) is 16.8 Å². The van der Waals surface area contributed by atoms with Crippen molar-refractivity contribution in [3.05, 3.63) is 53.3 Å². The first kappa shape index (κ1) is 14.4. The number of aliphatic hydroxyl groups is 2. The van der Waals surface area contributed by atoms with E-state index >= 15 is 0 Å². The Bertz CT molecular complexity index is 546. The van der Waals surface area contributed by atoms with Crippen LogP contribution >= 0.6 is 0 Å². The van der Waals surface area contributed by atoms with Crippen molar-refractivity contribution in [2.45, 2.75) is 20.1 Å². The topological polar surface area (TPSA) is 69.5 Å². The lowest BCUT2D eigenvalue weighted by Crippen LogP contribution is -2.28. The lowest BCUT2D eigenvalue weighted by atomic mass is 10.2. The van der Waals surface area contributed by atoms with Crippen LogP contribution in [0.25, 0.3) is 0 Å². The molecule has 0 radical (unpaired) electrons. The molecule has 5 heteroatoms. The number of aromatic nitrogens is 2. The van der Waals surface area contributed by atoms with Crippen molar-refractivity contribution in [3.63, 3.8) is 0 Å². The second-order valence-corrected chi connectivity index (χ2v) is 4.57. The first-order valence-corrected chi connectivity index (χ1v) is 6.57. The van der Waals surface area contributed by atoms with Crippen LogP contribution in [0, 0.1) is 6.92 Å². The maximum atomic E-state index is 9.21. The fourth-order valence-corrected chi connectivity index (χ4v) is 1.96. The molecule has 2 aromatic rings. The van der Waals surface area contributed by atoms with Crippen molar-refractivity contribution in [2.75, 3.05) is 18.1 Å². The molecular formula is C15H19N3O2. The second kappa shape index (κ2) is 6.98. The van der Waals surface area contributed by atoms with Gasteiger partial charge in [-0.2, -0.15) is 0 Å². The highest BCUT2D eigenvalue weighted by Crippen LogP contribution is 2.14. The van der Waals surface area contributed by atoms with E-state index in [0.29, 0.717) is 19.0 Å². The van der Waals surface area contributed by atoms with Gasteiger partial charge in [-0.1, -0.05) is 30.3 Å². The molecular weight excluding hydrogens is 254 g/mol. The molecule has 0 saturated heterocycles. The van der Waals surface area contributed by atoms with E-state index < -0.39 is 0 Å². The summed E-state index contributed by atoms with van der Waals surface area (Å²) in [5.74, 6) is 0.567. The van der Waals surface area contributed by atoms with E-state index in [2.05, 4.69) is 9.97 Å². The molecule has 1 aromatic carbocycles. The van der Waals surface area contributed by atoms with Crippen molar-refractivity contribution < 1.29 is 10.2 Å². The van der Waals surface area contributed by atoms with Gasteiger partial charge in [0.25, 0.3) is 0 Å². The third-order valence-electron chi connectivity index (χ3n) is 3.11. The SMILES string of the molecule is Cc1nc(N(CCO)Cc2ccccc2)ncc1CO. The van der Waals surface area contributed by atoms with Crippen LogP contribution in [-0.2, 0) is 13.2 Å². The summed E-state index contributed by atoms with van der Waals surface area (Å²) in [6.07, 6.45) is 1.63. The molecule has 0 atom stereocenters. The highest BCUT2D eigenvalue weighted by atomic mass is 16.3. The van der Waals surface area contributed by atoms with Crippen molar-refractivity contribution in [3.8, 4) is 0 Å². The molecule has 2 N–H and O–H groups in total. The van der Waals surface area contributed by atoms with Crippen LogP contribution in [0.15, 0.2) is 36.5 Å². The number of nitrogens with zero attached hydrogens (tertiary/aromatic N) is 3. The van der Waals surface area contributed by atoms with E-state index in [-0.39, 0.29) is 13.2 Å². The number of anilines is 1. The zero-order chi connectivity index (χ0) is 14.4.